The van der Waals surface area contributed by atoms with Gasteiger partial charge in [-0.2, -0.15) is 4.68 Å². The third-order valence-corrected chi connectivity index (χ3v) is 5.40. The van der Waals surface area contributed by atoms with Crippen molar-refractivity contribution < 1.29 is 9.53 Å². The first-order chi connectivity index (χ1) is 14.1. The van der Waals surface area contributed by atoms with Crippen LogP contribution in [0.4, 0.5) is 0 Å². The lowest BCUT2D eigenvalue weighted by Crippen LogP contribution is -2.26. The summed E-state index contributed by atoms with van der Waals surface area (Å²) >= 11 is 1.48. The van der Waals surface area contributed by atoms with Gasteiger partial charge in [0.1, 0.15) is 10.5 Å². The normalized spacial score (nSPS) is 10.9. The summed E-state index contributed by atoms with van der Waals surface area (Å²) in [5.74, 6) is -0.481. The Morgan fingerprint density at radius 3 is 2.72 bits per heavy atom. The van der Waals surface area contributed by atoms with Crippen LogP contribution in [0.2, 0.25) is 0 Å². The number of carbonyl (C=O) groups is 1. The van der Waals surface area contributed by atoms with Gasteiger partial charge in [0, 0.05) is 10.9 Å². The van der Waals surface area contributed by atoms with Crippen molar-refractivity contribution in [2.24, 2.45) is 0 Å². The van der Waals surface area contributed by atoms with Crippen LogP contribution in [0, 0.1) is 0 Å². The van der Waals surface area contributed by atoms with E-state index < -0.39 is 5.97 Å². The summed E-state index contributed by atoms with van der Waals surface area (Å²) in [5.41, 5.74) is 3.06. The molecule has 0 radical (unpaired) electrons. The quantitative estimate of drug-likeness (QED) is 0.457. The van der Waals surface area contributed by atoms with Crippen LogP contribution in [0.25, 0.3) is 21.5 Å². The molecule has 29 heavy (non-hydrogen) atoms. The standard InChI is InChI=1S/C21H18N4O3S/c1-2-14-7-9-15(10-8-14)20-22-16(12-29-20)11-19(26)28-13-25-21(27)17-5-3-4-6-18(17)23-24-25/h3-10,12H,2,11,13H2,1H3. The number of rotatable bonds is 6. The molecule has 4 aromatic rings. The van der Waals surface area contributed by atoms with Gasteiger partial charge in [-0.25, -0.2) is 4.98 Å². The SMILES string of the molecule is CCc1ccc(-c2nc(CC(=O)OCn3nnc4ccccc4c3=O)cs2)cc1. The molecule has 8 heteroatoms. The highest BCUT2D eigenvalue weighted by molar-refractivity contribution is 7.13. The van der Waals surface area contributed by atoms with Crippen LogP contribution in [-0.2, 0) is 29.1 Å². The second kappa shape index (κ2) is 8.32. The van der Waals surface area contributed by atoms with Gasteiger partial charge in [0.2, 0.25) is 0 Å². The Morgan fingerprint density at radius 2 is 1.93 bits per heavy atom. The first kappa shape index (κ1) is 18.9. The molecule has 0 amide bonds. The fourth-order valence-corrected chi connectivity index (χ4v) is 3.67. The van der Waals surface area contributed by atoms with Gasteiger partial charge in [0.05, 0.1) is 17.5 Å². The molecule has 0 saturated heterocycles. The average Bonchev–Trinajstić information content (AvgIpc) is 3.22. The van der Waals surface area contributed by atoms with Crippen LogP contribution in [0.3, 0.4) is 0 Å². The molecule has 2 aromatic heterocycles. The molecule has 0 saturated carbocycles. The Kier molecular flexibility index (Phi) is 5.44. The maximum Gasteiger partial charge on any atom is 0.313 e. The van der Waals surface area contributed by atoms with Gasteiger partial charge in [-0.15, -0.1) is 16.4 Å². The van der Waals surface area contributed by atoms with Gasteiger partial charge in [-0.1, -0.05) is 48.5 Å². The first-order valence-electron chi connectivity index (χ1n) is 9.16. The predicted octanol–water partition coefficient (Wildman–Crippen LogP) is 3.22. The highest BCUT2D eigenvalue weighted by Gasteiger charge is 2.12. The smallest absolute Gasteiger partial charge is 0.313 e. The van der Waals surface area contributed by atoms with Crippen LogP contribution >= 0.6 is 11.3 Å². The van der Waals surface area contributed by atoms with Crippen LogP contribution in [-0.4, -0.2) is 25.9 Å². The minimum absolute atomic E-state index is 0.0271. The van der Waals surface area contributed by atoms with E-state index in [4.69, 9.17) is 4.74 Å². The monoisotopic (exact) mass is 406 g/mol. The van der Waals surface area contributed by atoms with Crippen LogP contribution in [0.1, 0.15) is 18.2 Å². The summed E-state index contributed by atoms with van der Waals surface area (Å²) in [6.07, 6.45) is 1.01. The maximum absolute atomic E-state index is 12.4. The van der Waals surface area contributed by atoms with Crippen molar-refractivity contribution in [1.29, 1.82) is 0 Å². The Balaban J connectivity index is 1.40. The zero-order valence-electron chi connectivity index (χ0n) is 15.7. The molecule has 0 spiro atoms. The van der Waals surface area contributed by atoms with E-state index in [0.717, 1.165) is 21.7 Å². The molecule has 4 rings (SSSR count). The zero-order chi connectivity index (χ0) is 20.2. The van der Waals surface area contributed by atoms with Gasteiger partial charge < -0.3 is 4.74 Å². The fraction of sp³-hybridized carbons (Fsp3) is 0.190. The molecule has 2 heterocycles. The van der Waals surface area contributed by atoms with Crippen LogP contribution in [0.15, 0.2) is 58.7 Å². The van der Waals surface area contributed by atoms with E-state index in [9.17, 15) is 9.59 Å². The van der Waals surface area contributed by atoms with Gasteiger partial charge in [-0.3, -0.25) is 9.59 Å². The maximum atomic E-state index is 12.4. The number of benzene rings is 2. The molecule has 0 fully saturated rings. The second-order valence-electron chi connectivity index (χ2n) is 6.43. The average molecular weight is 406 g/mol. The number of carbonyl (C=O) groups excluding carboxylic acids is 1. The van der Waals surface area contributed by atoms with E-state index in [-0.39, 0.29) is 18.7 Å². The zero-order valence-corrected chi connectivity index (χ0v) is 16.6. The lowest BCUT2D eigenvalue weighted by molar-refractivity contribution is -0.147. The van der Waals surface area contributed by atoms with Gasteiger partial charge in [-0.05, 0) is 24.1 Å². The van der Waals surface area contributed by atoms with Crippen molar-refractivity contribution in [1.82, 2.24) is 20.0 Å². The Bertz CT molecular complexity index is 1210. The molecule has 146 valence electrons. The third kappa shape index (κ3) is 4.22. The third-order valence-electron chi connectivity index (χ3n) is 4.46. The summed E-state index contributed by atoms with van der Waals surface area (Å²) < 4.78 is 6.22. The van der Waals surface area contributed by atoms with Crippen molar-refractivity contribution in [3.8, 4) is 10.6 Å². The van der Waals surface area contributed by atoms with Gasteiger partial charge in [0.25, 0.3) is 5.56 Å². The van der Waals surface area contributed by atoms with Crippen molar-refractivity contribution >= 4 is 28.2 Å². The van der Waals surface area contributed by atoms with Crippen molar-refractivity contribution in [2.45, 2.75) is 26.5 Å². The highest BCUT2D eigenvalue weighted by Crippen LogP contribution is 2.24. The number of esters is 1. The lowest BCUT2D eigenvalue weighted by Gasteiger charge is -2.06. The molecule has 0 aliphatic heterocycles. The number of ether oxygens (including phenoxy) is 1. The number of aryl methyl sites for hydroxylation is 1. The highest BCUT2D eigenvalue weighted by atomic mass is 32.1. The number of hydrogen-bond donors (Lipinski definition) is 0. The molecule has 2 aromatic carbocycles. The van der Waals surface area contributed by atoms with Crippen molar-refractivity contribution in [3.63, 3.8) is 0 Å². The Labute approximate surface area is 170 Å². The van der Waals surface area contributed by atoms with E-state index in [1.165, 1.54) is 16.9 Å². The van der Waals surface area contributed by atoms with Crippen LogP contribution in [0.5, 0.6) is 0 Å². The van der Waals surface area contributed by atoms with E-state index in [0.29, 0.717) is 16.6 Å². The minimum atomic E-state index is -0.481. The lowest BCUT2D eigenvalue weighted by atomic mass is 10.1. The number of fused-ring (bicyclic) bond motifs is 1. The number of nitrogens with zero attached hydrogens (tertiary/aromatic N) is 4. The number of hydrogen-bond acceptors (Lipinski definition) is 7. The number of thiazole rings is 1. The summed E-state index contributed by atoms with van der Waals surface area (Å²) in [6.45, 7) is 1.82. The van der Waals surface area contributed by atoms with E-state index >= 15 is 0 Å². The fourth-order valence-electron chi connectivity index (χ4n) is 2.84. The summed E-state index contributed by atoms with van der Waals surface area (Å²) in [5, 5.41) is 10.9. The molecular formula is C21H18N4O3S. The second-order valence-corrected chi connectivity index (χ2v) is 7.29. The molecule has 0 atom stereocenters. The first-order valence-corrected chi connectivity index (χ1v) is 10.0. The minimum Gasteiger partial charge on any atom is -0.442 e. The Hall–Kier alpha value is -3.39. The van der Waals surface area contributed by atoms with E-state index in [2.05, 4.69) is 34.4 Å². The summed E-state index contributed by atoms with van der Waals surface area (Å²) in [7, 11) is 0. The van der Waals surface area contributed by atoms with Crippen molar-refractivity contribution in [2.75, 3.05) is 0 Å². The van der Waals surface area contributed by atoms with Crippen LogP contribution < -0.4 is 5.56 Å². The predicted molar refractivity (Wildman–Crippen MR) is 111 cm³/mol. The molecule has 0 aliphatic carbocycles. The molecule has 0 bridgehead atoms. The molecule has 7 nitrogen and oxygen atoms in total. The summed E-state index contributed by atoms with van der Waals surface area (Å²) in [6, 6.07) is 15.1. The van der Waals surface area contributed by atoms with E-state index in [1.54, 1.807) is 24.3 Å². The largest absolute Gasteiger partial charge is 0.442 e. The van der Waals surface area contributed by atoms with Gasteiger partial charge >= 0.3 is 5.97 Å². The van der Waals surface area contributed by atoms with Gasteiger partial charge in [0.15, 0.2) is 6.73 Å². The molecule has 0 unspecified atom stereocenters. The van der Waals surface area contributed by atoms with Crippen molar-refractivity contribution in [3.05, 3.63) is 75.5 Å². The summed E-state index contributed by atoms with van der Waals surface area (Å²) in [4.78, 5) is 29.0. The molecular weight excluding hydrogens is 388 g/mol. The Morgan fingerprint density at radius 1 is 1.14 bits per heavy atom. The molecule has 0 N–H and O–H groups in total. The molecule has 0 aliphatic rings. The number of aromatic nitrogens is 4. The topological polar surface area (TPSA) is 87.0 Å². The van der Waals surface area contributed by atoms with E-state index in [1.807, 2.05) is 17.5 Å².